The van der Waals surface area contributed by atoms with Crippen molar-refractivity contribution in [3.63, 3.8) is 0 Å². The third-order valence-corrected chi connectivity index (χ3v) is 3.46. The molecule has 0 saturated carbocycles. The van der Waals surface area contributed by atoms with E-state index >= 15 is 0 Å². The highest BCUT2D eigenvalue weighted by Gasteiger charge is 2.07. The van der Waals surface area contributed by atoms with Gasteiger partial charge in [0.1, 0.15) is 0 Å². The van der Waals surface area contributed by atoms with E-state index in [1.54, 1.807) is 7.11 Å². The summed E-state index contributed by atoms with van der Waals surface area (Å²) in [5.41, 5.74) is 3.86. The van der Waals surface area contributed by atoms with E-state index in [4.69, 9.17) is 4.74 Å². The van der Waals surface area contributed by atoms with Gasteiger partial charge in [-0.3, -0.25) is 4.79 Å². The van der Waals surface area contributed by atoms with Crippen molar-refractivity contribution in [2.45, 2.75) is 33.2 Å². The second kappa shape index (κ2) is 8.72. The average molecular weight is 278 g/mol. The van der Waals surface area contributed by atoms with E-state index in [1.807, 2.05) is 0 Å². The van der Waals surface area contributed by atoms with Crippen LogP contribution in [0.15, 0.2) is 18.2 Å². The van der Waals surface area contributed by atoms with Crippen LogP contribution in [0.4, 0.5) is 0 Å². The Morgan fingerprint density at radius 1 is 1.25 bits per heavy atom. The van der Waals surface area contributed by atoms with E-state index in [2.05, 4.69) is 49.6 Å². The van der Waals surface area contributed by atoms with Crippen LogP contribution < -0.4 is 10.6 Å². The van der Waals surface area contributed by atoms with E-state index in [0.29, 0.717) is 26.1 Å². The first-order valence-corrected chi connectivity index (χ1v) is 7.10. The third-order valence-electron chi connectivity index (χ3n) is 3.46. The predicted octanol–water partition coefficient (Wildman–Crippen LogP) is 2.11. The molecule has 0 aromatic heterocycles. The molecule has 0 fully saturated rings. The molecule has 0 spiro atoms. The first kappa shape index (κ1) is 16.7. The van der Waals surface area contributed by atoms with Gasteiger partial charge in [-0.05, 0) is 37.5 Å². The molecule has 1 aromatic rings. The highest BCUT2D eigenvalue weighted by Crippen LogP contribution is 2.16. The van der Waals surface area contributed by atoms with E-state index in [9.17, 15) is 4.79 Å². The highest BCUT2D eigenvalue weighted by atomic mass is 16.5. The Labute approximate surface area is 121 Å². The number of hydrogen-bond acceptors (Lipinski definition) is 3. The normalized spacial score (nSPS) is 12.2. The molecule has 1 aromatic carbocycles. The zero-order valence-corrected chi connectivity index (χ0v) is 13.0. The number of nitrogens with one attached hydrogen (secondary N) is 2. The van der Waals surface area contributed by atoms with Gasteiger partial charge < -0.3 is 15.4 Å². The number of benzene rings is 1. The van der Waals surface area contributed by atoms with Gasteiger partial charge in [-0.15, -0.1) is 0 Å². The van der Waals surface area contributed by atoms with Gasteiger partial charge in [0.15, 0.2) is 0 Å². The van der Waals surface area contributed by atoms with Crippen molar-refractivity contribution >= 4 is 5.91 Å². The summed E-state index contributed by atoms with van der Waals surface area (Å²) in [5, 5.41) is 6.18. The Kier molecular flexibility index (Phi) is 7.26. The summed E-state index contributed by atoms with van der Waals surface area (Å²) in [5.74, 6) is 0.0573. The van der Waals surface area contributed by atoms with Crippen molar-refractivity contribution in [2.75, 3.05) is 26.8 Å². The Balaban J connectivity index is 2.30. The fraction of sp³-hybridized carbons (Fsp3) is 0.562. The van der Waals surface area contributed by atoms with Crippen LogP contribution in [-0.2, 0) is 9.53 Å². The van der Waals surface area contributed by atoms with E-state index in [0.717, 1.165) is 0 Å². The Hall–Kier alpha value is -1.39. The number of carbonyl (C=O) groups is 1. The quantitative estimate of drug-likeness (QED) is 0.716. The van der Waals surface area contributed by atoms with Crippen molar-refractivity contribution in [2.24, 2.45) is 0 Å². The van der Waals surface area contributed by atoms with Gasteiger partial charge >= 0.3 is 0 Å². The molecule has 1 rings (SSSR count). The minimum Gasteiger partial charge on any atom is -0.383 e. The largest absolute Gasteiger partial charge is 0.383 e. The molecule has 2 N–H and O–H groups in total. The summed E-state index contributed by atoms with van der Waals surface area (Å²) in [7, 11) is 1.62. The SMILES string of the molecule is COCCNC(=O)CCNC(C)c1ccc(C)c(C)c1. The van der Waals surface area contributed by atoms with E-state index < -0.39 is 0 Å². The van der Waals surface area contributed by atoms with Crippen LogP contribution in [0, 0.1) is 13.8 Å². The van der Waals surface area contributed by atoms with Crippen molar-refractivity contribution < 1.29 is 9.53 Å². The molecule has 1 amide bonds. The molecule has 0 saturated heterocycles. The van der Waals surface area contributed by atoms with Gasteiger partial charge in [-0.25, -0.2) is 0 Å². The molecule has 1 unspecified atom stereocenters. The topological polar surface area (TPSA) is 50.4 Å². The maximum atomic E-state index is 11.5. The van der Waals surface area contributed by atoms with Gasteiger partial charge in [-0.2, -0.15) is 0 Å². The van der Waals surface area contributed by atoms with Crippen LogP contribution in [0.5, 0.6) is 0 Å². The first-order chi connectivity index (χ1) is 9.54. The Morgan fingerprint density at radius 3 is 2.65 bits per heavy atom. The lowest BCUT2D eigenvalue weighted by atomic mass is 10.0. The molecule has 4 heteroatoms. The second-order valence-electron chi connectivity index (χ2n) is 5.11. The zero-order valence-electron chi connectivity index (χ0n) is 13.0. The van der Waals surface area contributed by atoms with Crippen LogP contribution in [0.1, 0.15) is 36.1 Å². The number of hydrogen-bond donors (Lipinski definition) is 2. The van der Waals surface area contributed by atoms with Crippen LogP contribution in [0.2, 0.25) is 0 Å². The smallest absolute Gasteiger partial charge is 0.221 e. The minimum absolute atomic E-state index is 0.0573. The monoisotopic (exact) mass is 278 g/mol. The number of carbonyl (C=O) groups excluding carboxylic acids is 1. The second-order valence-corrected chi connectivity index (χ2v) is 5.11. The van der Waals surface area contributed by atoms with Crippen molar-refractivity contribution in [3.05, 3.63) is 34.9 Å². The third kappa shape index (κ3) is 5.72. The maximum Gasteiger partial charge on any atom is 0.221 e. The van der Waals surface area contributed by atoms with Gasteiger partial charge in [0.05, 0.1) is 6.61 Å². The number of amides is 1. The summed E-state index contributed by atoms with van der Waals surface area (Å²) >= 11 is 0. The number of methoxy groups -OCH3 is 1. The van der Waals surface area contributed by atoms with Gasteiger partial charge in [0, 0.05) is 32.7 Å². The van der Waals surface area contributed by atoms with Gasteiger partial charge in [0.25, 0.3) is 0 Å². The molecule has 0 aliphatic heterocycles. The van der Waals surface area contributed by atoms with E-state index in [-0.39, 0.29) is 11.9 Å². The number of aryl methyl sites for hydroxylation is 2. The zero-order chi connectivity index (χ0) is 15.0. The molecule has 0 aliphatic rings. The van der Waals surface area contributed by atoms with Gasteiger partial charge in [-0.1, -0.05) is 18.2 Å². The van der Waals surface area contributed by atoms with Crippen LogP contribution in [0.25, 0.3) is 0 Å². The minimum atomic E-state index is 0.0573. The fourth-order valence-electron chi connectivity index (χ4n) is 1.93. The van der Waals surface area contributed by atoms with Gasteiger partial charge in [0.2, 0.25) is 5.91 Å². The molecule has 20 heavy (non-hydrogen) atoms. The molecule has 112 valence electrons. The van der Waals surface area contributed by atoms with E-state index in [1.165, 1.54) is 16.7 Å². The fourth-order valence-corrected chi connectivity index (χ4v) is 1.93. The Morgan fingerprint density at radius 2 is 2.00 bits per heavy atom. The van der Waals surface area contributed by atoms with Crippen molar-refractivity contribution in [1.82, 2.24) is 10.6 Å². The lowest BCUT2D eigenvalue weighted by molar-refractivity contribution is -0.121. The summed E-state index contributed by atoms with van der Waals surface area (Å²) < 4.78 is 4.88. The van der Waals surface area contributed by atoms with Crippen LogP contribution in [0.3, 0.4) is 0 Å². The summed E-state index contributed by atoms with van der Waals surface area (Å²) in [6, 6.07) is 6.73. The number of ether oxygens (including phenoxy) is 1. The summed E-state index contributed by atoms with van der Waals surface area (Å²) in [6.45, 7) is 8.15. The average Bonchev–Trinajstić information content (AvgIpc) is 2.42. The molecule has 0 aliphatic carbocycles. The molecule has 4 nitrogen and oxygen atoms in total. The highest BCUT2D eigenvalue weighted by molar-refractivity contribution is 5.76. The van der Waals surface area contributed by atoms with Crippen molar-refractivity contribution in [3.8, 4) is 0 Å². The van der Waals surface area contributed by atoms with Crippen LogP contribution in [-0.4, -0.2) is 32.7 Å². The maximum absolute atomic E-state index is 11.5. The molecule has 0 heterocycles. The lowest BCUT2D eigenvalue weighted by Crippen LogP contribution is -2.30. The molecule has 0 radical (unpaired) electrons. The molecule has 1 atom stereocenters. The standard InChI is InChI=1S/C16H26N2O2/c1-12-5-6-15(11-13(12)2)14(3)17-8-7-16(19)18-9-10-20-4/h5-6,11,14,17H,7-10H2,1-4H3,(H,18,19). The lowest BCUT2D eigenvalue weighted by Gasteiger charge is -2.15. The molecular formula is C16H26N2O2. The van der Waals surface area contributed by atoms with Crippen molar-refractivity contribution in [1.29, 1.82) is 0 Å². The predicted molar refractivity (Wildman–Crippen MR) is 81.8 cm³/mol. The number of rotatable bonds is 8. The van der Waals surface area contributed by atoms with Crippen LogP contribution >= 0.6 is 0 Å². The molecule has 0 bridgehead atoms. The molecular weight excluding hydrogens is 252 g/mol. The Bertz CT molecular complexity index is 432. The summed E-state index contributed by atoms with van der Waals surface area (Å²) in [4.78, 5) is 11.5. The first-order valence-electron chi connectivity index (χ1n) is 7.10. The summed E-state index contributed by atoms with van der Waals surface area (Å²) in [6.07, 6.45) is 0.485.